The maximum absolute atomic E-state index is 7.05. The normalized spacial score (nSPS) is 11.6. The molecule has 1 heterocycles. The topological polar surface area (TPSA) is 16.4 Å². The Bertz CT molecular complexity index is 3230. The third-order valence-corrected chi connectivity index (χ3v) is 11.2. The predicted octanol–water partition coefficient (Wildman–Crippen LogP) is 15.5. The lowest BCUT2D eigenvalue weighted by Crippen LogP contribution is -2.10. The van der Waals surface area contributed by atoms with Gasteiger partial charge in [-0.1, -0.05) is 170 Å². The molecule has 56 heavy (non-hydrogen) atoms. The van der Waals surface area contributed by atoms with Crippen LogP contribution in [-0.2, 0) is 0 Å². The minimum Gasteiger partial charge on any atom is -0.453 e. The number of furan rings is 1. The zero-order valence-corrected chi connectivity index (χ0v) is 30.6. The summed E-state index contributed by atoms with van der Waals surface area (Å²) in [6.07, 6.45) is 0. The van der Waals surface area contributed by atoms with Crippen molar-refractivity contribution < 1.29 is 4.42 Å². The number of hydrogen-bond donors (Lipinski definition) is 0. The van der Waals surface area contributed by atoms with E-state index >= 15 is 0 Å². The minimum atomic E-state index is 0.855. The Hall–Kier alpha value is -7.42. The fourth-order valence-corrected chi connectivity index (χ4v) is 8.52. The fourth-order valence-electron chi connectivity index (χ4n) is 8.52. The van der Waals surface area contributed by atoms with Crippen molar-refractivity contribution in [2.45, 2.75) is 0 Å². The molecule has 0 bridgehead atoms. The summed E-state index contributed by atoms with van der Waals surface area (Å²) in [5.74, 6) is 0. The van der Waals surface area contributed by atoms with E-state index in [9.17, 15) is 0 Å². The first-order valence-corrected chi connectivity index (χ1v) is 19.2. The van der Waals surface area contributed by atoms with Crippen LogP contribution in [0.3, 0.4) is 0 Å². The Balaban J connectivity index is 1.09. The lowest BCUT2D eigenvalue weighted by atomic mass is 9.95. The molecule has 0 aliphatic heterocycles. The van der Waals surface area contributed by atoms with Crippen LogP contribution in [0.15, 0.2) is 217 Å². The lowest BCUT2D eigenvalue weighted by Gasteiger charge is -2.26. The van der Waals surface area contributed by atoms with Gasteiger partial charge in [0.2, 0.25) is 0 Å². The molecule has 0 atom stereocenters. The zero-order valence-electron chi connectivity index (χ0n) is 30.6. The molecule has 11 rings (SSSR count). The summed E-state index contributed by atoms with van der Waals surface area (Å²) in [6.45, 7) is 0. The highest BCUT2D eigenvalue weighted by Crippen LogP contribution is 2.46. The summed E-state index contributed by atoms with van der Waals surface area (Å²) in [4.78, 5) is 2.34. The summed E-state index contributed by atoms with van der Waals surface area (Å²) in [7, 11) is 0. The smallest absolute Gasteiger partial charge is 0.159 e. The second kappa shape index (κ2) is 13.2. The zero-order chi connectivity index (χ0) is 37.0. The minimum absolute atomic E-state index is 0.855. The van der Waals surface area contributed by atoms with Crippen LogP contribution in [0.25, 0.3) is 87.6 Å². The van der Waals surface area contributed by atoms with E-state index in [0.717, 1.165) is 50.0 Å². The number of hydrogen-bond acceptors (Lipinski definition) is 2. The molecule has 0 unspecified atom stereocenters. The molecule has 0 saturated carbocycles. The number of benzene rings is 10. The van der Waals surface area contributed by atoms with Gasteiger partial charge in [0, 0.05) is 27.5 Å². The van der Waals surface area contributed by atoms with Gasteiger partial charge in [-0.2, -0.15) is 0 Å². The third kappa shape index (κ3) is 5.34. The van der Waals surface area contributed by atoms with Crippen molar-refractivity contribution in [3.05, 3.63) is 212 Å². The molecule has 0 saturated heterocycles. The second-order valence-corrected chi connectivity index (χ2v) is 14.5. The van der Waals surface area contributed by atoms with Gasteiger partial charge >= 0.3 is 0 Å². The van der Waals surface area contributed by atoms with Crippen LogP contribution in [0, 0.1) is 0 Å². The number of nitrogens with zero attached hydrogens (tertiary/aromatic N) is 1. The molecule has 0 amide bonds. The van der Waals surface area contributed by atoms with Crippen molar-refractivity contribution in [2.24, 2.45) is 0 Å². The largest absolute Gasteiger partial charge is 0.453 e. The van der Waals surface area contributed by atoms with E-state index in [1.54, 1.807) is 0 Å². The molecule has 0 aliphatic rings. The van der Waals surface area contributed by atoms with E-state index in [0.29, 0.717) is 0 Å². The van der Waals surface area contributed by atoms with Crippen LogP contribution in [0.1, 0.15) is 0 Å². The Morgan fingerprint density at radius 3 is 1.68 bits per heavy atom. The molecule has 0 spiro atoms. The van der Waals surface area contributed by atoms with Crippen LogP contribution < -0.4 is 4.90 Å². The lowest BCUT2D eigenvalue weighted by molar-refractivity contribution is 0.673. The maximum Gasteiger partial charge on any atom is 0.159 e. The average Bonchev–Trinajstić information content (AvgIpc) is 3.67. The molecule has 0 radical (unpaired) electrons. The van der Waals surface area contributed by atoms with Gasteiger partial charge in [0.1, 0.15) is 5.58 Å². The van der Waals surface area contributed by atoms with Crippen LogP contribution in [0.2, 0.25) is 0 Å². The average molecular weight is 714 g/mol. The molecular weight excluding hydrogens is 679 g/mol. The summed E-state index contributed by atoms with van der Waals surface area (Å²) < 4.78 is 7.05. The number of anilines is 3. The first-order chi connectivity index (χ1) is 27.8. The number of rotatable bonds is 6. The molecule has 262 valence electrons. The van der Waals surface area contributed by atoms with Crippen molar-refractivity contribution in [1.82, 2.24) is 0 Å². The number of fused-ring (bicyclic) bond motifs is 8. The monoisotopic (exact) mass is 713 g/mol. The molecule has 1 aromatic heterocycles. The summed E-state index contributed by atoms with van der Waals surface area (Å²) in [5.41, 5.74) is 11.9. The van der Waals surface area contributed by atoms with Crippen LogP contribution >= 0.6 is 0 Å². The summed E-state index contributed by atoms with van der Waals surface area (Å²) >= 11 is 0. The van der Waals surface area contributed by atoms with Crippen molar-refractivity contribution in [3.8, 4) is 33.4 Å². The molecule has 0 N–H and O–H groups in total. The fraction of sp³-hybridized carbons (Fsp3) is 0. The standard InChI is InChI=1S/C54H35NO/c1-3-13-36(14-4-1)40-18-11-19-44(34-40)55(43-30-27-37(28-31-43)41-29-32-46-42(33-41)26-25-39-17-7-8-20-45(39)46)52-24-12-23-49-51-35-50(38-15-5-2-6-16-38)47-21-9-10-22-48(47)53(51)56-54(49)52/h1-35H. The predicted molar refractivity (Wildman–Crippen MR) is 237 cm³/mol. The molecule has 11 aromatic rings. The van der Waals surface area contributed by atoms with Crippen molar-refractivity contribution >= 4 is 71.3 Å². The summed E-state index contributed by atoms with van der Waals surface area (Å²) in [5, 5.41) is 9.54. The molecule has 0 aliphatic carbocycles. The van der Waals surface area contributed by atoms with Gasteiger partial charge in [0.05, 0.1) is 5.69 Å². The van der Waals surface area contributed by atoms with Gasteiger partial charge in [-0.25, -0.2) is 0 Å². The molecule has 10 aromatic carbocycles. The van der Waals surface area contributed by atoms with E-state index in [-0.39, 0.29) is 0 Å². The molecule has 0 fully saturated rings. The van der Waals surface area contributed by atoms with Crippen molar-refractivity contribution in [2.75, 3.05) is 4.90 Å². The van der Waals surface area contributed by atoms with Gasteiger partial charge < -0.3 is 9.32 Å². The van der Waals surface area contributed by atoms with E-state index in [4.69, 9.17) is 4.42 Å². The molecular formula is C54H35NO. The Labute approximate surface area is 325 Å². The first kappa shape index (κ1) is 32.0. The van der Waals surface area contributed by atoms with Crippen LogP contribution in [0.5, 0.6) is 0 Å². The number of para-hydroxylation sites is 1. The highest BCUT2D eigenvalue weighted by molar-refractivity contribution is 6.21. The van der Waals surface area contributed by atoms with Crippen molar-refractivity contribution in [1.29, 1.82) is 0 Å². The van der Waals surface area contributed by atoms with Gasteiger partial charge in [-0.15, -0.1) is 0 Å². The van der Waals surface area contributed by atoms with Gasteiger partial charge in [0.15, 0.2) is 5.58 Å². The Kier molecular flexibility index (Phi) is 7.53. The SMILES string of the molecule is c1ccc(-c2cccc(N(c3ccc(-c4ccc5c(ccc6ccccc65)c4)cc3)c3cccc4c3oc3c5ccccc5c(-c5ccccc5)cc43)c2)cc1. The molecule has 2 heteroatoms. The van der Waals surface area contributed by atoms with E-state index in [2.05, 4.69) is 217 Å². The van der Waals surface area contributed by atoms with Crippen LogP contribution in [-0.4, -0.2) is 0 Å². The van der Waals surface area contributed by atoms with Crippen LogP contribution in [0.4, 0.5) is 17.1 Å². The highest BCUT2D eigenvalue weighted by Gasteiger charge is 2.22. The van der Waals surface area contributed by atoms with E-state index in [1.165, 1.54) is 54.7 Å². The Morgan fingerprint density at radius 2 is 0.857 bits per heavy atom. The first-order valence-electron chi connectivity index (χ1n) is 19.2. The third-order valence-electron chi connectivity index (χ3n) is 11.2. The quantitative estimate of drug-likeness (QED) is 0.160. The van der Waals surface area contributed by atoms with E-state index < -0.39 is 0 Å². The summed E-state index contributed by atoms with van der Waals surface area (Å²) in [6, 6.07) is 76.3. The Morgan fingerprint density at radius 1 is 0.286 bits per heavy atom. The van der Waals surface area contributed by atoms with Gasteiger partial charge in [-0.05, 0) is 103 Å². The van der Waals surface area contributed by atoms with Crippen molar-refractivity contribution in [3.63, 3.8) is 0 Å². The van der Waals surface area contributed by atoms with Gasteiger partial charge in [-0.3, -0.25) is 0 Å². The maximum atomic E-state index is 7.05. The van der Waals surface area contributed by atoms with E-state index in [1.807, 2.05) is 0 Å². The molecule has 2 nitrogen and oxygen atoms in total. The highest BCUT2D eigenvalue weighted by atomic mass is 16.3. The second-order valence-electron chi connectivity index (χ2n) is 14.5. The van der Waals surface area contributed by atoms with Gasteiger partial charge in [0.25, 0.3) is 0 Å².